The van der Waals surface area contributed by atoms with Crippen LogP contribution in [0.1, 0.15) is 72.9 Å². The highest BCUT2D eigenvalue weighted by Crippen LogP contribution is 2.33. The van der Waals surface area contributed by atoms with E-state index in [1.165, 1.54) is 57.2 Å². The van der Waals surface area contributed by atoms with Crippen molar-refractivity contribution in [3.05, 3.63) is 34.9 Å². The predicted octanol–water partition coefficient (Wildman–Crippen LogP) is 2.44. The highest BCUT2D eigenvalue weighted by Gasteiger charge is 2.39. The molecule has 0 spiro atoms. The summed E-state index contributed by atoms with van der Waals surface area (Å²) in [6, 6.07) is 5.59. The summed E-state index contributed by atoms with van der Waals surface area (Å²) in [4.78, 5) is 40.8. The lowest BCUT2D eigenvalue weighted by molar-refractivity contribution is -0.136. The molecule has 0 saturated carbocycles. The van der Waals surface area contributed by atoms with Gasteiger partial charge in [0.15, 0.2) is 0 Å². The number of carbonyl (C=O) groups excluding carboxylic acids is 3. The smallest absolute Gasteiger partial charge is 0.255 e. The molecule has 0 radical (unpaired) electrons. The third-order valence-corrected chi connectivity index (χ3v) is 8.15. The number of carbonyl (C=O) groups is 3. The number of rotatable bonds is 4. The fraction of sp³-hybridized carbons (Fsp3) is 0.654. The Kier molecular flexibility index (Phi) is 6.79. The number of benzene rings is 1. The number of nitrogens with zero attached hydrogens (tertiary/aromatic N) is 2. The van der Waals surface area contributed by atoms with E-state index in [1.807, 2.05) is 6.07 Å². The van der Waals surface area contributed by atoms with Crippen LogP contribution in [-0.4, -0.2) is 59.7 Å². The van der Waals surface area contributed by atoms with Crippen molar-refractivity contribution >= 4 is 17.7 Å². The number of imide groups is 1. The van der Waals surface area contributed by atoms with Crippen LogP contribution < -0.4 is 10.6 Å². The zero-order valence-electron chi connectivity index (χ0n) is 19.5. The maximum atomic E-state index is 12.9. The Hall–Kier alpha value is -2.25. The van der Waals surface area contributed by atoms with Crippen LogP contribution in [0.15, 0.2) is 18.2 Å². The van der Waals surface area contributed by atoms with Crippen LogP contribution in [-0.2, 0) is 22.7 Å². The van der Waals surface area contributed by atoms with Crippen LogP contribution in [0.3, 0.4) is 0 Å². The number of hydrogen-bond donors (Lipinski definition) is 2. The second kappa shape index (κ2) is 9.94. The molecular formula is C26H36N4O3. The summed E-state index contributed by atoms with van der Waals surface area (Å²) in [6.07, 6.45) is 8.67. The van der Waals surface area contributed by atoms with Gasteiger partial charge in [0.2, 0.25) is 11.8 Å². The molecule has 7 nitrogen and oxygen atoms in total. The van der Waals surface area contributed by atoms with E-state index in [0.717, 1.165) is 37.0 Å². The fourth-order valence-corrected chi connectivity index (χ4v) is 6.29. The van der Waals surface area contributed by atoms with Crippen molar-refractivity contribution in [3.63, 3.8) is 0 Å². The molecule has 4 aliphatic rings. The zero-order valence-corrected chi connectivity index (χ0v) is 19.5. The number of hydrogen-bond acceptors (Lipinski definition) is 5. The first-order chi connectivity index (χ1) is 16.1. The highest BCUT2D eigenvalue weighted by molar-refractivity contribution is 6.05. The van der Waals surface area contributed by atoms with Crippen LogP contribution in [0.5, 0.6) is 0 Å². The molecule has 7 heteroatoms. The molecule has 1 atom stereocenters. The Labute approximate surface area is 196 Å². The van der Waals surface area contributed by atoms with E-state index in [1.54, 1.807) is 4.90 Å². The maximum absolute atomic E-state index is 12.9. The van der Waals surface area contributed by atoms with Crippen molar-refractivity contribution in [2.24, 2.45) is 11.8 Å². The lowest BCUT2D eigenvalue weighted by atomic mass is 9.78. The molecule has 33 heavy (non-hydrogen) atoms. The molecule has 5 rings (SSSR count). The Morgan fingerprint density at radius 2 is 1.64 bits per heavy atom. The van der Waals surface area contributed by atoms with Gasteiger partial charge in [0.1, 0.15) is 6.04 Å². The summed E-state index contributed by atoms with van der Waals surface area (Å²) in [5, 5.41) is 5.90. The summed E-state index contributed by atoms with van der Waals surface area (Å²) < 4.78 is 0. The van der Waals surface area contributed by atoms with Gasteiger partial charge in [-0.25, -0.2) is 0 Å². The number of likely N-dealkylation sites (tertiary alicyclic amines) is 1. The van der Waals surface area contributed by atoms with Crippen LogP contribution in [0.2, 0.25) is 0 Å². The number of fused-ring (bicyclic) bond motifs is 1. The van der Waals surface area contributed by atoms with Crippen molar-refractivity contribution in [2.75, 3.05) is 26.2 Å². The molecule has 3 fully saturated rings. The van der Waals surface area contributed by atoms with Gasteiger partial charge in [0.25, 0.3) is 5.91 Å². The maximum Gasteiger partial charge on any atom is 0.255 e. The highest BCUT2D eigenvalue weighted by atomic mass is 16.2. The van der Waals surface area contributed by atoms with Gasteiger partial charge in [0.05, 0.1) is 0 Å². The van der Waals surface area contributed by atoms with Crippen molar-refractivity contribution < 1.29 is 14.4 Å². The molecule has 0 bridgehead atoms. The minimum absolute atomic E-state index is 0.0961. The van der Waals surface area contributed by atoms with Gasteiger partial charge in [0, 0.05) is 25.1 Å². The lowest BCUT2D eigenvalue weighted by Crippen LogP contribution is -2.52. The molecule has 3 amide bonds. The molecule has 1 unspecified atom stereocenters. The molecule has 4 aliphatic heterocycles. The van der Waals surface area contributed by atoms with Crippen LogP contribution in [0.25, 0.3) is 0 Å². The topological polar surface area (TPSA) is 81.8 Å². The molecule has 1 aromatic carbocycles. The molecule has 2 N–H and O–H groups in total. The van der Waals surface area contributed by atoms with E-state index in [-0.39, 0.29) is 24.1 Å². The predicted molar refractivity (Wildman–Crippen MR) is 125 cm³/mol. The first kappa shape index (κ1) is 22.5. The van der Waals surface area contributed by atoms with Gasteiger partial charge >= 0.3 is 0 Å². The average Bonchev–Trinajstić information content (AvgIpc) is 3.10. The third-order valence-electron chi connectivity index (χ3n) is 8.15. The first-order valence-corrected chi connectivity index (χ1v) is 12.8. The van der Waals surface area contributed by atoms with E-state index in [4.69, 9.17) is 0 Å². The van der Waals surface area contributed by atoms with Gasteiger partial charge in [-0.1, -0.05) is 12.1 Å². The molecule has 0 aromatic heterocycles. The largest absolute Gasteiger partial charge is 0.322 e. The van der Waals surface area contributed by atoms with E-state index in [9.17, 15) is 14.4 Å². The molecule has 178 valence electrons. The van der Waals surface area contributed by atoms with Crippen LogP contribution >= 0.6 is 0 Å². The molecular weight excluding hydrogens is 416 g/mol. The summed E-state index contributed by atoms with van der Waals surface area (Å²) in [5.74, 6) is 1.08. The van der Waals surface area contributed by atoms with Crippen molar-refractivity contribution in [2.45, 2.75) is 70.5 Å². The number of nitrogens with one attached hydrogen (secondary N) is 2. The van der Waals surface area contributed by atoms with E-state index >= 15 is 0 Å². The van der Waals surface area contributed by atoms with Crippen molar-refractivity contribution in [3.8, 4) is 0 Å². The quantitative estimate of drug-likeness (QED) is 0.686. The Morgan fingerprint density at radius 1 is 0.909 bits per heavy atom. The molecule has 4 heterocycles. The standard InChI is InChI=1S/C26H36N4O3/c31-24-8-7-23(25(32)28-24)30-17-21-15-18(5-6-22(21)26(30)33)16-29-13-9-20(10-14-29)19-3-1-11-27-12-2-4-19/h5-6,15,19-20,23,27H,1-4,7-14,16-17H2,(H,28,31,32). The van der Waals surface area contributed by atoms with Gasteiger partial charge in [-0.05, 0) is 100 Å². The van der Waals surface area contributed by atoms with Crippen LogP contribution in [0.4, 0.5) is 0 Å². The minimum atomic E-state index is -0.547. The van der Waals surface area contributed by atoms with Gasteiger partial charge < -0.3 is 10.2 Å². The van der Waals surface area contributed by atoms with E-state index in [0.29, 0.717) is 18.5 Å². The Morgan fingerprint density at radius 3 is 2.36 bits per heavy atom. The second-order valence-electron chi connectivity index (χ2n) is 10.3. The van der Waals surface area contributed by atoms with E-state index in [2.05, 4.69) is 27.7 Å². The van der Waals surface area contributed by atoms with Gasteiger partial charge in [-0.3, -0.25) is 24.6 Å². The minimum Gasteiger partial charge on any atom is -0.322 e. The van der Waals surface area contributed by atoms with Gasteiger partial charge in [-0.15, -0.1) is 0 Å². The van der Waals surface area contributed by atoms with Gasteiger partial charge in [-0.2, -0.15) is 0 Å². The lowest BCUT2D eigenvalue weighted by Gasteiger charge is -2.37. The third kappa shape index (κ3) is 4.99. The average molecular weight is 453 g/mol. The molecule has 3 saturated heterocycles. The zero-order chi connectivity index (χ0) is 22.8. The Bertz CT molecular complexity index is 901. The summed E-state index contributed by atoms with van der Waals surface area (Å²) in [7, 11) is 0. The molecule has 1 aromatic rings. The van der Waals surface area contributed by atoms with E-state index < -0.39 is 6.04 Å². The molecule has 0 aliphatic carbocycles. The van der Waals surface area contributed by atoms with Crippen molar-refractivity contribution in [1.82, 2.24) is 20.4 Å². The SMILES string of the molecule is O=C1CCC(N2Cc3cc(CN4CCC(C5CCCNCCC5)CC4)ccc3C2=O)C(=O)N1. The summed E-state index contributed by atoms with van der Waals surface area (Å²) in [5.41, 5.74) is 2.93. The number of piperidine rings is 2. The Balaban J connectivity index is 1.17. The summed E-state index contributed by atoms with van der Waals surface area (Å²) >= 11 is 0. The monoisotopic (exact) mass is 452 g/mol. The van der Waals surface area contributed by atoms with Crippen LogP contribution in [0, 0.1) is 11.8 Å². The number of amides is 3. The fourth-order valence-electron chi connectivity index (χ4n) is 6.29. The second-order valence-corrected chi connectivity index (χ2v) is 10.3. The summed E-state index contributed by atoms with van der Waals surface area (Å²) in [6.45, 7) is 6.03. The normalized spacial score (nSPS) is 26.1. The first-order valence-electron chi connectivity index (χ1n) is 12.8. The van der Waals surface area contributed by atoms with Crippen molar-refractivity contribution in [1.29, 1.82) is 0 Å².